The van der Waals surface area contributed by atoms with E-state index in [-0.39, 0.29) is 17.8 Å². The first-order chi connectivity index (χ1) is 8.20. The quantitative estimate of drug-likeness (QED) is 0.863. The highest BCUT2D eigenvalue weighted by molar-refractivity contribution is 5.82. The Labute approximate surface area is 101 Å². The van der Waals surface area contributed by atoms with Gasteiger partial charge in [0.05, 0.1) is 6.04 Å². The van der Waals surface area contributed by atoms with Crippen LogP contribution in [0.3, 0.4) is 0 Å². The first-order valence-electron chi connectivity index (χ1n) is 5.91. The zero-order chi connectivity index (χ0) is 12.3. The van der Waals surface area contributed by atoms with Crippen molar-refractivity contribution in [3.8, 4) is 0 Å². The molecule has 1 heterocycles. The van der Waals surface area contributed by atoms with E-state index in [1.165, 1.54) is 12.1 Å². The first kappa shape index (κ1) is 12.0. The van der Waals surface area contributed by atoms with Gasteiger partial charge >= 0.3 is 0 Å². The van der Waals surface area contributed by atoms with Gasteiger partial charge in [0, 0.05) is 13.1 Å². The van der Waals surface area contributed by atoms with Crippen molar-refractivity contribution >= 4 is 5.91 Å². The maximum atomic E-state index is 12.8. The highest BCUT2D eigenvalue weighted by Crippen LogP contribution is 2.15. The second-order valence-corrected chi connectivity index (χ2v) is 4.37. The van der Waals surface area contributed by atoms with Gasteiger partial charge < -0.3 is 10.2 Å². The number of piperidine rings is 1. The van der Waals surface area contributed by atoms with Gasteiger partial charge in [0.15, 0.2) is 0 Å². The summed E-state index contributed by atoms with van der Waals surface area (Å²) in [6.07, 6.45) is 1.91. The number of carbonyl (C=O) groups is 1. The molecule has 17 heavy (non-hydrogen) atoms. The maximum absolute atomic E-state index is 12.8. The smallest absolute Gasteiger partial charge is 0.239 e. The Hall–Kier alpha value is -1.42. The van der Waals surface area contributed by atoms with Crippen LogP contribution in [0.5, 0.6) is 0 Å². The predicted octanol–water partition coefficient (Wildman–Crippen LogP) is 1.54. The number of amides is 1. The number of nitrogens with one attached hydrogen (secondary N) is 1. The second-order valence-electron chi connectivity index (χ2n) is 4.37. The molecule has 1 aliphatic rings. The van der Waals surface area contributed by atoms with Gasteiger partial charge in [-0.2, -0.15) is 0 Å². The molecule has 1 saturated heterocycles. The molecule has 1 unspecified atom stereocenters. The Morgan fingerprint density at radius 1 is 1.41 bits per heavy atom. The van der Waals surface area contributed by atoms with E-state index < -0.39 is 0 Å². The fourth-order valence-electron chi connectivity index (χ4n) is 2.18. The van der Waals surface area contributed by atoms with Gasteiger partial charge in [-0.05, 0) is 37.6 Å². The van der Waals surface area contributed by atoms with E-state index in [1.54, 1.807) is 12.1 Å². The molecule has 0 aromatic heterocycles. The molecule has 1 aromatic carbocycles. The number of rotatable bonds is 3. The van der Waals surface area contributed by atoms with E-state index in [9.17, 15) is 9.18 Å². The Morgan fingerprint density at radius 2 is 2.12 bits per heavy atom. The van der Waals surface area contributed by atoms with Crippen molar-refractivity contribution in [2.24, 2.45) is 0 Å². The molecule has 1 N–H and O–H groups in total. The molecule has 0 bridgehead atoms. The van der Waals surface area contributed by atoms with Crippen LogP contribution in [0.15, 0.2) is 24.3 Å². The maximum Gasteiger partial charge on any atom is 0.239 e. The van der Waals surface area contributed by atoms with Crippen molar-refractivity contribution in [2.75, 3.05) is 13.6 Å². The molecule has 1 fully saturated rings. The van der Waals surface area contributed by atoms with E-state index in [0.717, 1.165) is 24.9 Å². The molecule has 1 atom stereocenters. The Kier molecular flexibility index (Phi) is 3.74. The molecule has 2 rings (SSSR count). The third-order valence-electron chi connectivity index (χ3n) is 3.17. The van der Waals surface area contributed by atoms with Gasteiger partial charge in [-0.15, -0.1) is 0 Å². The van der Waals surface area contributed by atoms with E-state index in [4.69, 9.17) is 0 Å². The van der Waals surface area contributed by atoms with Crippen LogP contribution in [0, 0.1) is 5.82 Å². The summed E-state index contributed by atoms with van der Waals surface area (Å²) in [5, 5.41) is 3.03. The van der Waals surface area contributed by atoms with Crippen molar-refractivity contribution in [1.29, 1.82) is 0 Å². The summed E-state index contributed by atoms with van der Waals surface area (Å²) in [6.45, 7) is 1.35. The number of benzene rings is 1. The molecule has 1 amide bonds. The molecule has 0 saturated carbocycles. The van der Waals surface area contributed by atoms with Crippen LogP contribution in [-0.4, -0.2) is 30.4 Å². The van der Waals surface area contributed by atoms with Crippen LogP contribution < -0.4 is 5.32 Å². The van der Waals surface area contributed by atoms with E-state index in [1.807, 2.05) is 11.9 Å². The van der Waals surface area contributed by atoms with Crippen LogP contribution in [0.4, 0.5) is 4.39 Å². The zero-order valence-electron chi connectivity index (χ0n) is 9.95. The molecule has 4 heteroatoms. The summed E-state index contributed by atoms with van der Waals surface area (Å²) in [5.74, 6) is -0.102. The zero-order valence-corrected chi connectivity index (χ0v) is 9.95. The predicted molar refractivity (Wildman–Crippen MR) is 63.9 cm³/mol. The van der Waals surface area contributed by atoms with Crippen LogP contribution in [-0.2, 0) is 11.3 Å². The van der Waals surface area contributed by atoms with Crippen molar-refractivity contribution in [3.05, 3.63) is 35.6 Å². The lowest BCUT2D eigenvalue weighted by atomic mass is 10.0. The lowest BCUT2D eigenvalue weighted by Gasteiger charge is -2.32. The number of halogens is 1. The molecular formula is C13H17FN2O. The van der Waals surface area contributed by atoms with E-state index in [2.05, 4.69) is 5.32 Å². The number of hydrogen-bond donors (Lipinski definition) is 1. The van der Waals surface area contributed by atoms with Crippen molar-refractivity contribution in [1.82, 2.24) is 10.2 Å². The number of likely N-dealkylation sites (tertiary alicyclic amines) is 1. The first-order valence-corrected chi connectivity index (χ1v) is 5.91. The Balaban J connectivity index is 2.02. The molecule has 3 nitrogen and oxygen atoms in total. The molecule has 0 radical (unpaired) electrons. The van der Waals surface area contributed by atoms with E-state index >= 15 is 0 Å². The summed E-state index contributed by atoms with van der Waals surface area (Å²) in [5.41, 5.74) is 0.969. The highest BCUT2D eigenvalue weighted by Gasteiger charge is 2.27. The Morgan fingerprint density at radius 3 is 2.76 bits per heavy atom. The van der Waals surface area contributed by atoms with Crippen LogP contribution in [0.2, 0.25) is 0 Å². The normalized spacial score (nSPS) is 20.7. The minimum atomic E-state index is -0.244. The summed E-state index contributed by atoms with van der Waals surface area (Å²) in [7, 11) is 1.81. The van der Waals surface area contributed by atoms with Crippen molar-refractivity contribution in [3.63, 3.8) is 0 Å². The monoisotopic (exact) mass is 236 g/mol. The third-order valence-corrected chi connectivity index (χ3v) is 3.17. The molecule has 0 aliphatic carbocycles. The average Bonchev–Trinajstić information content (AvgIpc) is 2.35. The van der Waals surface area contributed by atoms with Crippen molar-refractivity contribution < 1.29 is 9.18 Å². The van der Waals surface area contributed by atoms with E-state index in [0.29, 0.717) is 6.54 Å². The standard InChI is InChI=1S/C13H17FN2O/c1-15-12-3-2-8-16(13(12)17)9-10-4-6-11(14)7-5-10/h4-7,12,15H,2-3,8-9H2,1H3. The van der Waals surface area contributed by atoms with Gasteiger partial charge in [0.25, 0.3) is 0 Å². The minimum absolute atomic E-state index is 0.0656. The van der Waals surface area contributed by atoms with Gasteiger partial charge in [-0.1, -0.05) is 12.1 Å². The highest BCUT2D eigenvalue weighted by atomic mass is 19.1. The minimum Gasteiger partial charge on any atom is -0.337 e. The van der Waals surface area contributed by atoms with Gasteiger partial charge in [-0.3, -0.25) is 4.79 Å². The summed E-state index contributed by atoms with van der Waals surface area (Å²) in [4.78, 5) is 13.8. The molecule has 1 aromatic rings. The van der Waals surface area contributed by atoms with Gasteiger partial charge in [0.1, 0.15) is 5.82 Å². The van der Waals surface area contributed by atoms with Crippen LogP contribution in [0.25, 0.3) is 0 Å². The number of carbonyl (C=O) groups excluding carboxylic acids is 1. The fourth-order valence-corrected chi connectivity index (χ4v) is 2.18. The molecule has 1 aliphatic heterocycles. The second kappa shape index (κ2) is 5.27. The summed E-state index contributed by atoms with van der Waals surface area (Å²) < 4.78 is 12.8. The summed E-state index contributed by atoms with van der Waals surface area (Å²) >= 11 is 0. The van der Waals surface area contributed by atoms with Crippen LogP contribution >= 0.6 is 0 Å². The van der Waals surface area contributed by atoms with Gasteiger partial charge in [-0.25, -0.2) is 4.39 Å². The molecular weight excluding hydrogens is 219 g/mol. The number of hydrogen-bond acceptors (Lipinski definition) is 2. The number of nitrogens with zero attached hydrogens (tertiary/aromatic N) is 1. The van der Waals surface area contributed by atoms with Crippen molar-refractivity contribution in [2.45, 2.75) is 25.4 Å². The third kappa shape index (κ3) is 2.82. The average molecular weight is 236 g/mol. The molecule has 0 spiro atoms. The fraction of sp³-hybridized carbons (Fsp3) is 0.462. The lowest BCUT2D eigenvalue weighted by molar-refractivity contribution is -0.136. The number of likely N-dealkylation sites (N-methyl/N-ethyl adjacent to an activating group) is 1. The largest absolute Gasteiger partial charge is 0.337 e. The SMILES string of the molecule is CNC1CCCN(Cc2ccc(F)cc2)C1=O. The van der Waals surface area contributed by atoms with Gasteiger partial charge in [0.2, 0.25) is 5.91 Å². The molecule has 92 valence electrons. The lowest BCUT2D eigenvalue weighted by Crippen LogP contribution is -2.49. The van der Waals surface area contributed by atoms with Crippen LogP contribution in [0.1, 0.15) is 18.4 Å². The Bertz CT molecular complexity index is 391. The topological polar surface area (TPSA) is 32.3 Å². The summed E-state index contributed by atoms with van der Waals surface area (Å²) in [6, 6.07) is 6.25.